The van der Waals surface area contributed by atoms with Crippen molar-refractivity contribution < 1.29 is 9.21 Å². The number of furan rings is 1. The van der Waals surface area contributed by atoms with Gasteiger partial charge >= 0.3 is 0 Å². The number of nitrogens with one attached hydrogen (secondary N) is 1. The van der Waals surface area contributed by atoms with E-state index in [2.05, 4.69) is 20.2 Å². The lowest BCUT2D eigenvalue weighted by atomic mass is 10.1. The molecule has 6 nitrogen and oxygen atoms in total. The molecule has 3 rings (SSSR count). The third-order valence-electron chi connectivity index (χ3n) is 3.71. The first-order chi connectivity index (χ1) is 10.7. The van der Waals surface area contributed by atoms with Gasteiger partial charge in [0.1, 0.15) is 0 Å². The van der Waals surface area contributed by atoms with E-state index in [1.54, 1.807) is 12.1 Å². The Labute approximate surface area is 129 Å². The van der Waals surface area contributed by atoms with Crippen LogP contribution in [0.3, 0.4) is 0 Å². The minimum atomic E-state index is -0.235. The molecule has 1 aliphatic rings. The number of amides is 1. The molecule has 1 saturated heterocycles. The summed E-state index contributed by atoms with van der Waals surface area (Å²) in [7, 11) is 0. The van der Waals surface area contributed by atoms with Crippen molar-refractivity contribution in [2.75, 3.05) is 18.0 Å². The molecule has 0 saturated carbocycles. The highest BCUT2D eigenvalue weighted by Gasteiger charge is 2.15. The summed E-state index contributed by atoms with van der Waals surface area (Å²) < 4.78 is 5.07. The van der Waals surface area contributed by atoms with Crippen molar-refractivity contribution in [3.05, 3.63) is 41.6 Å². The number of rotatable bonds is 4. The summed E-state index contributed by atoms with van der Waals surface area (Å²) in [6.07, 6.45) is 5.12. The van der Waals surface area contributed by atoms with Crippen LogP contribution in [0.5, 0.6) is 0 Å². The number of hydrogen-bond acceptors (Lipinski definition) is 5. The third-order valence-corrected chi connectivity index (χ3v) is 3.71. The van der Waals surface area contributed by atoms with Crippen LogP contribution in [0.2, 0.25) is 0 Å². The van der Waals surface area contributed by atoms with Gasteiger partial charge in [-0.2, -0.15) is 0 Å². The van der Waals surface area contributed by atoms with Crippen LogP contribution in [-0.4, -0.2) is 29.0 Å². The van der Waals surface area contributed by atoms with E-state index in [9.17, 15) is 4.79 Å². The fourth-order valence-corrected chi connectivity index (χ4v) is 2.61. The highest BCUT2D eigenvalue weighted by Crippen LogP contribution is 2.16. The summed E-state index contributed by atoms with van der Waals surface area (Å²) in [5, 5.41) is 2.82. The predicted octanol–water partition coefficient (Wildman–Crippen LogP) is 2.30. The van der Waals surface area contributed by atoms with E-state index in [4.69, 9.17) is 4.42 Å². The molecule has 0 aliphatic carbocycles. The number of nitrogens with zero attached hydrogens (tertiary/aromatic N) is 3. The van der Waals surface area contributed by atoms with E-state index in [0.717, 1.165) is 30.4 Å². The Balaban J connectivity index is 1.68. The Morgan fingerprint density at radius 2 is 2.14 bits per heavy atom. The molecule has 3 heterocycles. The van der Waals surface area contributed by atoms with Crippen molar-refractivity contribution in [1.82, 2.24) is 15.3 Å². The van der Waals surface area contributed by atoms with Gasteiger partial charge in [-0.15, -0.1) is 0 Å². The standard InChI is InChI=1S/C16H20N4O2/c1-12-10-13(11-17-15(21)14-6-5-9-22-14)19-16(18-12)20-7-3-2-4-8-20/h5-6,9-10H,2-4,7-8,11H2,1H3,(H,17,21). The molecular weight excluding hydrogens is 280 g/mol. The van der Waals surface area contributed by atoms with Crippen LogP contribution in [0.15, 0.2) is 28.9 Å². The summed E-state index contributed by atoms with van der Waals surface area (Å²) in [6, 6.07) is 5.23. The molecule has 1 fully saturated rings. The van der Waals surface area contributed by atoms with Crippen molar-refractivity contribution in [1.29, 1.82) is 0 Å². The average Bonchev–Trinajstić information content (AvgIpc) is 3.07. The zero-order valence-corrected chi connectivity index (χ0v) is 12.7. The monoisotopic (exact) mass is 300 g/mol. The Morgan fingerprint density at radius 1 is 1.32 bits per heavy atom. The van der Waals surface area contributed by atoms with E-state index in [-0.39, 0.29) is 5.91 Å². The summed E-state index contributed by atoms with van der Waals surface area (Å²) in [6.45, 7) is 4.32. The van der Waals surface area contributed by atoms with Gasteiger partial charge in [0.2, 0.25) is 5.95 Å². The summed E-state index contributed by atoms with van der Waals surface area (Å²) >= 11 is 0. The summed E-state index contributed by atoms with van der Waals surface area (Å²) in [4.78, 5) is 23.2. The van der Waals surface area contributed by atoms with Gasteiger partial charge < -0.3 is 14.6 Å². The van der Waals surface area contributed by atoms with Crippen LogP contribution >= 0.6 is 0 Å². The molecule has 0 atom stereocenters. The van der Waals surface area contributed by atoms with Gasteiger partial charge in [0, 0.05) is 18.8 Å². The Hall–Kier alpha value is -2.37. The predicted molar refractivity (Wildman–Crippen MR) is 82.7 cm³/mol. The largest absolute Gasteiger partial charge is 0.459 e. The van der Waals surface area contributed by atoms with Crippen LogP contribution in [-0.2, 0) is 6.54 Å². The second-order valence-corrected chi connectivity index (χ2v) is 5.51. The second-order valence-electron chi connectivity index (χ2n) is 5.51. The van der Waals surface area contributed by atoms with Crippen LogP contribution < -0.4 is 10.2 Å². The maximum atomic E-state index is 11.9. The maximum absolute atomic E-state index is 11.9. The van der Waals surface area contributed by atoms with E-state index in [1.807, 2.05) is 13.0 Å². The molecule has 1 aliphatic heterocycles. The van der Waals surface area contributed by atoms with Crippen molar-refractivity contribution >= 4 is 11.9 Å². The van der Waals surface area contributed by atoms with Crippen molar-refractivity contribution in [3.63, 3.8) is 0 Å². The minimum Gasteiger partial charge on any atom is -0.459 e. The molecule has 0 unspecified atom stereocenters. The maximum Gasteiger partial charge on any atom is 0.287 e. The second kappa shape index (κ2) is 6.60. The van der Waals surface area contributed by atoms with Crippen molar-refractivity contribution in [2.45, 2.75) is 32.7 Å². The summed E-state index contributed by atoms with van der Waals surface area (Å²) in [5.41, 5.74) is 1.73. The number of carbonyl (C=O) groups excluding carboxylic acids is 1. The Bertz CT molecular complexity index is 634. The van der Waals surface area contributed by atoms with Gasteiger partial charge in [0.05, 0.1) is 18.5 Å². The number of aromatic nitrogens is 2. The van der Waals surface area contributed by atoms with E-state index < -0.39 is 0 Å². The molecule has 1 N–H and O–H groups in total. The number of aryl methyl sites for hydroxylation is 1. The molecule has 1 amide bonds. The molecule has 0 aromatic carbocycles. The number of carbonyl (C=O) groups is 1. The van der Waals surface area contributed by atoms with Gasteiger partial charge in [-0.1, -0.05) is 0 Å². The molecule has 2 aromatic rings. The summed E-state index contributed by atoms with van der Waals surface area (Å²) in [5.74, 6) is 0.838. The first kappa shape index (κ1) is 14.6. The topological polar surface area (TPSA) is 71.3 Å². The molecule has 0 bridgehead atoms. The van der Waals surface area contributed by atoms with Crippen LogP contribution in [0.1, 0.15) is 41.2 Å². The molecule has 116 valence electrons. The first-order valence-corrected chi connectivity index (χ1v) is 7.63. The fourth-order valence-electron chi connectivity index (χ4n) is 2.61. The number of piperidine rings is 1. The number of hydrogen-bond donors (Lipinski definition) is 1. The first-order valence-electron chi connectivity index (χ1n) is 7.63. The van der Waals surface area contributed by atoms with Crippen molar-refractivity contribution in [2.24, 2.45) is 0 Å². The van der Waals surface area contributed by atoms with Crippen LogP contribution in [0.25, 0.3) is 0 Å². The molecule has 22 heavy (non-hydrogen) atoms. The molecule has 0 spiro atoms. The molecular formula is C16H20N4O2. The lowest BCUT2D eigenvalue weighted by molar-refractivity contribution is 0.0922. The van der Waals surface area contributed by atoms with Gasteiger partial charge in [-0.25, -0.2) is 9.97 Å². The van der Waals surface area contributed by atoms with Gasteiger partial charge in [-0.3, -0.25) is 4.79 Å². The quantitative estimate of drug-likeness (QED) is 0.938. The van der Waals surface area contributed by atoms with Gasteiger partial charge in [0.15, 0.2) is 5.76 Å². The molecule has 0 radical (unpaired) electrons. The third kappa shape index (κ3) is 3.44. The normalized spacial score (nSPS) is 14.9. The van der Waals surface area contributed by atoms with E-state index in [0.29, 0.717) is 12.3 Å². The SMILES string of the molecule is Cc1cc(CNC(=O)c2ccco2)nc(N2CCCCC2)n1. The highest BCUT2D eigenvalue weighted by atomic mass is 16.3. The lowest BCUT2D eigenvalue weighted by Crippen LogP contribution is -2.31. The Kier molecular flexibility index (Phi) is 4.37. The van der Waals surface area contributed by atoms with Crippen LogP contribution in [0, 0.1) is 6.92 Å². The van der Waals surface area contributed by atoms with Gasteiger partial charge in [0.25, 0.3) is 5.91 Å². The zero-order valence-electron chi connectivity index (χ0n) is 12.7. The smallest absolute Gasteiger partial charge is 0.287 e. The average molecular weight is 300 g/mol. The van der Waals surface area contributed by atoms with Crippen LogP contribution in [0.4, 0.5) is 5.95 Å². The van der Waals surface area contributed by atoms with Crippen molar-refractivity contribution in [3.8, 4) is 0 Å². The van der Waals surface area contributed by atoms with E-state index in [1.165, 1.54) is 25.5 Å². The van der Waals surface area contributed by atoms with Gasteiger partial charge in [-0.05, 0) is 44.4 Å². The molecule has 6 heteroatoms. The van der Waals surface area contributed by atoms with E-state index >= 15 is 0 Å². The minimum absolute atomic E-state index is 0.235. The number of anilines is 1. The lowest BCUT2D eigenvalue weighted by Gasteiger charge is -2.27. The zero-order chi connectivity index (χ0) is 15.4. The molecule has 2 aromatic heterocycles. The fraction of sp³-hybridized carbons (Fsp3) is 0.438. The highest BCUT2D eigenvalue weighted by molar-refractivity contribution is 5.91. The Morgan fingerprint density at radius 3 is 2.86 bits per heavy atom.